The summed E-state index contributed by atoms with van der Waals surface area (Å²) in [7, 11) is -3.18. The Kier molecular flexibility index (Phi) is 7.90. The Morgan fingerprint density at radius 1 is 1.19 bits per heavy atom. The fourth-order valence-corrected chi connectivity index (χ4v) is 4.21. The molecule has 0 atom stereocenters. The zero-order valence-corrected chi connectivity index (χ0v) is 17.0. The number of aryl methyl sites for hydroxylation is 1. The molecule has 1 saturated heterocycles. The van der Waals surface area contributed by atoms with E-state index in [1.54, 1.807) is 6.07 Å². The Bertz CT molecular complexity index is 710. The summed E-state index contributed by atoms with van der Waals surface area (Å²) in [6.07, 6.45) is 5.20. The molecule has 1 aromatic rings. The molecule has 1 aliphatic heterocycles. The molecule has 1 fully saturated rings. The highest BCUT2D eigenvalue weighted by atomic mass is 32.2. The quantitative estimate of drug-likeness (QED) is 0.559. The molecule has 1 aliphatic rings. The van der Waals surface area contributed by atoms with Crippen molar-refractivity contribution in [1.29, 1.82) is 0 Å². The monoisotopic (exact) mass is 380 g/mol. The Balaban J connectivity index is 1.92. The molecule has 0 spiro atoms. The van der Waals surface area contributed by atoms with E-state index in [1.165, 1.54) is 38.6 Å². The summed E-state index contributed by atoms with van der Waals surface area (Å²) in [5.41, 5.74) is 1.77. The second kappa shape index (κ2) is 9.92. The fourth-order valence-electron chi connectivity index (χ4n) is 3.25. The fraction of sp³-hybridized carbons (Fsp3) is 0.632. The molecule has 26 heavy (non-hydrogen) atoms. The van der Waals surface area contributed by atoms with Crippen LogP contribution >= 0.6 is 0 Å². The van der Waals surface area contributed by atoms with Gasteiger partial charge in [-0.15, -0.1) is 0 Å². The van der Waals surface area contributed by atoms with Gasteiger partial charge >= 0.3 is 0 Å². The van der Waals surface area contributed by atoms with Gasteiger partial charge in [0.1, 0.15) is 0 Å². The van der Waals surface area contributed by atoms with Crippen molar-refractivity contribution in [3.05, 3.63) is 29.3 Å². The summed E-state index contributed by atoms with van der Waals surface area (Å²) in [5, 5.41) is 6.66. The second-order valence-electron chi connectivity index (χ2n) is 6.90. The van der Waals surface area contributed by atoms with E-state index >= 15 is 0 Å². The number of nitrogens with zero attached hydrogens (tertiary/aromatic N) is 2. The molecule has 0 aromatic heterocycles. The van der Waals surface area contributed by atoms with Gasteiger partial charge in [0.05, 0.1) is 11.4 Å². The zero-order valence-electron chi connectivity index (χ0n) is 16.2. The summed E-state index contributed by atoms with van der Waals surface area (Å²) >= 11 is 0. The van der Waals surface area contributed by atoms with Crippen LogP contribution < -0.4 is 10.6 Å². The highest BCUT2D eigenvalue weighted by Crippen LogP contribution is 2.17. The summed E-state index contributed by atoms with van der Waals surface area (Å²) in [4.78, 5) is 7.51. The average Bonchev–Trinajstić information content (AvgIpc) is 2.59. The number of guanidine groups is 1. The lowest BCUT2D eigenvalue weighted by molar-refractivity contribution is 0.232. The first-order chi connectivity index (χ1) is 12.4. The first-order valence-electron chi connectivity index (χ1n) is 9.44. The number of aliphatic imine (C=N–C) groups is 1. The highest BCUT2D eigenvalue weighted by molar-refractivity contribution is 7.90. The van der Waals surface area contributed by atoms with Crippen LogP contribution in [0.4, 0.5) is 0 Å². The van der Waals surface area contributed by atoms with Gasteiger partial charge < -0.3 is 15.5 Å². The van der Waals surface area contributed by atoms with Crippen molar-refractivity contribution in [2.45, 2.75) is 44.6 Å². The molecule has 0 radical (unpaired) electrons. The lowest BCUT2D eigenvalue weighted by Crippen LogP contribution is -2.42. The molecule has 0 saturated carbocycles. The Morgan fingerprint density at radius 3 is 2.54 bits per heavy atom. The Hall–Kier alpha value is -1.60. The van der Waals surface area contributed by atoms with Crippen LogP contribution in [-0.4, -0.2) is 58.3 Å². The van der Waals surface area contributed by atoms with Gasteiger partial charge in [-0.05, 0) is 57.0 Å². The van der Waals surface area contributed by atoms with Gasteiger partial charge in [-0.2, -0.15) is 0 Å². The maximum Gasteiger partial charge on any atom is 0.191 e. The van der Waals surface area contributed by atoms with Crippen molar-refractivity contribution >= 4 is 15.8 Å². The second-order valence-corrected chi connectivity index (χ2v) is 8.88. The predicted octanol–water partition coefficient (Wildman–Crippen LogP) is 1.94. The van der Waals surface area contributed by atoms with E-state index in [9.17, 15) is 8.42 Å². The topological polar surface area (TPSA) is 73.8 Å². The van der Waals surface area contributed by atoms with Gasteiger partial charge in [-0.3, -0.25) is 0 Å². The highest BCUT2D eigenvalue weighted by Gasteiger charge is 2.11. The summed E-state index contributed by atoms with van der Waals surface area (Å²) < 4.78 is 23.4. The number of hydrogen-bond donors (Lipinski definition) is 2. The van der Waals surface area contributed by atoms with E-state index in [0.29, 0.717) is 11.4 Å². The van der Waals surface area contributed by atoms with Crippen LogP contribution in [0.1, 0.15) is 37.3 Å². The van der Waals surface area contributed by atoms with Crippen molar-refractivity contribution in [3.8, 4) is 0 Å². The molecule has 2 rings (SSSR count). The molecule has 6 nitrogen and oxygen atoms in total. The number of likely N-dealkylation sites (tertiary alicyclic amines) is 1. The van der Waals surface area contributed by atoms with Crippen molar-refractivity contribution < 1.29 is 8.42 Å². The third kappa shape index (κ3) is 6.61. The molecule has 7 heteroatoms. The van der Waals surface area contributed by atoms with Crippen LogP contribution in [0.25, 0.3) is 0 Å². The lowest BCUT2D eigenvalue weighted by Gasteiger charge is -2.26. The Labute approximate surface area is 158 Å². The smallest absolute Gasteiger partial charge is 0.191 e. The molecule has 0 bridgehead atoms. The SMILES string of the molecule is CCNC(=NCc1ccc(S(C)(=O)=O)c(C)c1)NCCN1CCCCC1. The molecule has 1 aromatic carbocycles. The zero-order chi connectivity index (χ0) is 19.0. The molecule has 0 unspecified atom stereocenters. The minimum absolute atomic E-state index is 0.386. The minimum Gasteiger partial charge on any atom is -0.357 e. The van der Waals surface area contributed by atoms with Crippen LogP contribution in [0.3, 0.4) is 0 Å². The van der Waals surface area contributed by atoms with Crippen LogP contribution in [0.5, 0.6) is 0 Å². The van der Waals surface area contributed by atoms with Crippen LogP contribution in [0.15, 0.2) is 28.1 Å². The van der Waals surface area contributed by atoms with Gasteiger partial charge in [0.2, 0.25) is 0 Å². The summed E-state index contributed by atoms with van der Waals surface area (Å²) in [6.45, 7) is 9.50. The van der Waals surface area contributed by atoms with Crippen LogP contribution in [0, 0.1) is 6.92 Å². The number of sulfone groups is 1. The maximum atomic E-state index is 11.7. The van der Waals surface area contributed by atoms with Crippen molar-refractivity contribution in [2.24, 2.45) is 4.99 Å². The molecule has 0 aliphatic carbocycles. The minimum atomic E-state index is -3.18. The Morgan fingerprint density at radius 2 is 1.92 bits per heavy atom. The third-order valence-electron chi connectivity index (χ3n) is 4.57. The van der Waals surface area contributed by atoms with Gasteiger partial charge in [0.15, 0.2) is 15.8 Å². The number of piperidine rings is 1. The van der Waals surface area contributed by atoms with Crippen LogP contribution in [-0.2, 0) is 16.4 Å². The van der Waals surface area contributed by atoms with E-state index in [4.69, 9.17) is 0 Å². The summed E-state index contributed by atoms with van der Waals surface area (Å²) in [5.74, 6) is 0.800. The number of hydrogen-bond acceptors (Lipinski definition) is 4. The molecule has 146 valence electrons. The molecule has 1 heterocycles. The summed E-state index contributed by atoms with van der Waals surface area (Å²) in [6, 6.07) is 5.41. The molecule has 0 amide bonds. The van der Waals surface area contributed by atoms with Crippen molar-refractivity contribution in [2.75, 3.05) is 39.0 Å². The predicted molar refractivity (Wildman–Crippen MR) is 107 cm³/mol. The third-order valence-corrected chi connectivity index (χ3v) is 5.83. The number of benzene rings is 1. The lowest BCUT2D eigenvalue weighted by atomic mass is 10.1. The van der Waals surface area contributed by atoms with E-state index in [-0.39, 0.29) is 0 Å². The number of rotatable bonds is 7. The molecule has 2 N–H and O–H groups in total. The van der Waals surface area contributed by atoms with Crippen molar-refractivity contribution in [3.63, 3.8) is 0 Å². The van der Waals surface area contributed by atoms with E-state index in [0.717, 1.165) is 36.7 Å². The van der Waals surface area contributed by atoms with Crippen LogP contribution in [0.2, 0.25) is 0 Å². The van der Waals surface area contributed by atoms with E-state index in [1.807, 2.05) is 26.0 Å². The van der Waals surface area contributed by atoms with Gasteiger partial charge in [0.25, 0.3) is 0 Å². The van der Waals surface area contributed by atoms with Gasteiger partial charge in [-0.25, -0.2) is 13.4 Å². The first kappa shape index (κ1) is 20.7. The standard InChI is InChI=1S/C19H32N4O2S/c1-4-20-19(21-10-13-23-11-6-5-7-12-23)22-15-17-8-9-18(16(2)14-17)26(3,24)25/h8-9,14H,4-7,10-13,15H2,1-3H3,(H2,20,21,22). The van der Waals surface area contributed by atoms with Gasteiger partial charge in [-0.1, -0.05) is 18.6 Å². The largest absolute Gasteiger partial charge is 0.357 e. The van der Waals surface area contributed by atoms with Crippen molar-refractivity contribution in [1.82, 2.24) is 15.5 Å². The number of nitrogens with one attached hydrogen (secondary N) is 2. The normalized spacial score (nSPS) is 16.5. The van der Waals surface area contributed by atoms with E-state index < -0.39 is 9.84 Å². The van der Waals surface area contributed by atoms with Gasteiger partial charge in [0, 0.05) is 25.9 Å². The van der Waals surface area contributed by atoms with E-state index in [2.05, 4.69) is 20.5 Å². The average molecular weight is 381 g/mol. The maximum absolute atomic E-state index is 11.7. The molecular weight excluding hydrogens is 348 g/mol. The molecular formula is C19H32N4O2S. The first-order valence-corrected chi connectivity index (χ1v) is 11.3.